The Hall–Kier alpha value is -2.05. The smallest absolute Gasteiger partial charge is 0.253 e. The number of carbonyl (C=O) groups is 1. The van der Waals surface area contributed by atoms with E-state index in [1.165, 1.54) is 24.7 Å². The van der Waals surface area contributed by atoms with Crippen LogP contribution in [0.3, 0.4) is 0 Å². The van der Waals surface area contributed by atoms with Crippen LogP contribution in [0.25, 0.3) is 0 Å². The summed E-state index contributed by atoms with van der Waals surface area (Å²) in [6, 6.07) is 8.53. The molecule has 27 heavy (non-hydrogen) atoms. The van der Waals surface area contributed by atoms with Gasteiger partial charge in [0.05, 0.1) is 28.6 Å². The highest BCUT2D eigenvalue weighted by atomic mass is 35.5. The maximum atomic E-state index is 12.8. The standard InChI is InChI=1S/C20H25ClN2O3S/c1-12-9-14(3)17(10-13(12)2)15(4)22-20(24)18-11-16(7-8-19(18)21)23(5)27(6,25)26/h7-11,15H,1-6H3,(H,22,24)/t15-/m0/s1. The first-order chi connectivity index (χ1) is 12.4. The van der Waals surface area contributed by atoms with Gasteiger partial charge in [0.15, 0.2) is 0 Å². The lowest BCUT2D eigenvalue weighted by Gasteiger charge is -2.20. The van der Waals surface area contributed by atoms with E-state index in [0.29, 0.717) is 5.69 Å². The maximum Gasteiger partial charge on any atom is 0.253 e. The molecular weight excluding hydrogens is 384 g/mol. The van der Waals surface area contributed by atoms with Gasteiger partial charge in [-0.3, -0.25) is 9.10 Å². The molecule has 0 unspecified atom stereocenters. The minimum absolute atomic E-state index is 0.218. The zero-order chi connectivity index (χ0) is 20.5. The molecule has 0 saturated carbocycles. The molecule has 0 radical (unpaired) electrons. The van der Waals surface area contributed by atoms with Crippen molar-refractivity contribution in [2.75, 3.05) is 17.6 Å². The van der Waals surface area contributed by atoms with E-state index < -0.39 is 10.0 Å². The third kappa shape index (κ3) is 4.82. The number of rotatable bonds is 5. The van der Waals surface area contributed by atoms with Crippen molar-refractivity contribution in [3.05, 3.63) is 63.2 Å². The second kappa shape index (κ2) is 7.90. The number of aryl methyl sites for hydroxylation is 3. The van der Waals surface area contributed by atoms with Gasteiger partial charge in [0, 0.05) is 7.05 Å². The number of benzene rings is 2. The third-order valence-corrected chi connectivity index (χ3v) is 6.29. The maximum absolute atomic E-state index is 12.8. The molecule has 0 saturated heterocycles. The second-order valence-electron chi connectivity index (χ2n) is 6.88. The molecule has 0 aliphatic heterocycles. The number of sulfonamides is 1. The summed E-state index contributed by atoms with van der Waals surface area (Å²) in [6.07, 6.45) is 1.10. The second-order valence-corrected chi connectivity index (χ2v) is 9.30. The average molecular weight is 409 g/mol. The number of amides is 1. The Morgan fingerprint density at radius 2 is 1.67 bits per heavy atom. The quantitative estimate of drug-likeness (QED) is 0.807. The zero-order valence-corrected chi connectivity index (χ0v) is 18.0. The highest BCUT2D eigenvalue weighted by molar-refractivity contribution is 7.92. The molecule has 0 spiro atoms. The van der Waals surface area contributed by atoms with Gasteiger partial charge in [-0.05, 0) is 68.1 Å². The summed E-state index contributed by atoms with van der Waals surface area (Å²) in [7, 11) is -2.00. The molecule has 2 aromatic rings. The molecule has 146 valence electrons. The summed E-state index contributed by atoms with van der Waals surface area (Å²) in [5.74, 6) is -0.353. The molecule has 1 amide bonds. The summed E-state index contributed by atoms with van der Waals surface area (Å²) in [5, 5.41) is 3.22. The lowest BCUT2D eigenvalue weighted by Crippen LogP contribution is -2.28. The van der Waals surface area contributed by atoms with E-state index in [4.69, 9.17) is 11.6 Å². The van der Waals surface area contributed by atoms with Gasteiger partial charge in [0.1, 0.15) is 0 Å². The van der Waals surface area contributed by atoms with Crippen LogP contribution in [-0.2, 0) is 10.0 Å². The van der Waals surface area contributed by atoms with E-state index in [9.17, 15) is 13.2 Å². The fourth-order valence-corrected chi connectivity index (χ4v) is 3.58. The summed E-state index contributed by atoms with van der Waals surface area (Å²) in [4.78, 5) is 12.8. The molecule has 0 aliphatic rings. The van der Waals surface area contributed by atoms with Gasteiger partial charge in [-0.1, -0.05) is 23.7 Å². The molecule has 0 aromatic heterocycles. The van der Waals surface area contributed by atoms with Crippen LogP contribution in [0.1, 0.15) is 45.6 Å². The first-order valence-corrected chi connectivity index (χ1v) is 10.8. The van der Waals surface area contributed by atoms with E-state index >= 15 is 0 Å². The Labute approximate surface area is 166 Å². The van der Waals surface area contributed by atoms with Gasteiger partial charge in [0.2, 0.25) is 10.0 Å². The van der Waals surface area contributed by atoms with Crippen LogP contribution in [0.15, 0.2) is 30.3 Å². The number of hydrogen-bond donors (Lipinski definition) is 1. The normalized spacial score (nSPS) is 12.6. The molecule has 0 fully saturated rings. The van der Waals surface area contributed by atoms with Gasteiger partial charge in [-0.15, -0.1) is 0 Å². The van der Waals surface area contributed by atoms with Gasteiger partial charge in [-0.2, -0.15) is 0 Å². The van der Waals surface area contributed by atoms with E-state index in [1.54, 1.807) is 6.07 Å². The predicted octanol–water partition coefficient (Wildman–Crippen LogP) is 4.15. The summed E-state index contributed by atoms with van der Waals surface area (Å²) < 4.78 is 24.6. The summed E-state index contributed by atoms with van der Waals surface area (Å²) in [6.45, 7) is 8.02. The summed E-state index contributed by atoms with van der Waals surface area (Å²) >= 11 is 6.19. The minimum Gasteiger partial charge on any atom is -0.345 e. The number of halogens is 1. The molecule has 5 nitrogen and oxygen atoms in total. The highest BCUT2D eigenvalue weighted by Crippen LogP contribution is 2.26. The number of nitrogens with zero attached hydrogens (tertiary/aromatic N) is 1. The number of nitrogens with one attached hydrogen (secondary N) is 1. The van der Waals surface area contributed by atoms with Gasteiger partial charge < -0.3 is 5.32 Å². The van der Waals surface area contributed by atoms with Crippen LogP contribution in [0.4, 0.5) is 5.69 Å². The fourth-order valence-electron chi connectivity index (χ4n) is 2.88. The van der Waals surface area contributed by atoms with Crippen LogP contribution in [0.2, 0.25) is 5.02 Å². The monoisotopic (exact) mass is 408 g/mol. The van der Waals surface area contributed by atoms with Crippen LogP contribution in [0.5, 0.6) is 0 Å². The van der Waals surface area contributed by atoms with Gasteiger partial charge in [0.25, 0.3) is 5.91 Å². The molecular formula is C20H25ClN2O3S. The van der Waals surface area contributed by atoms with Crippen molar-refractivity contribution in [1.82, 2.24) is 5.32 Å². The zero-order valence-electron chi connectivity index (χ0n) is 16.4. The van der Waals surface area contributed by atoms with Crippen molar-refractivity contribution in [2.24, 2.45) is 0 Å². The molecule has 2 rings (SSSR count). The van der Waals surface area contributed by atoms with E-state index in [0.717, 1.165) is 27.3 Å². The van der Waals surface area contributed by atoms with Crippen molar-refractivity contribution in [1.29, 1.82) is 0 Å². The SMILES string of the molecule is Cc1cc(C)c([C@H](C)NC(=O)c2cc(N(C)S(C)(=O)=O)ccc2Cl)cc1C. The Morgan fingerprint density at radius 3 is 2.26 bits per heavy atom. The molecule has 7 heteroatoms. The largest absolute Gasteiger partial charge is 0.345 e. The Bertz CT molecular complexity index is 987. The van der Waals surface area contributed by atoms with Crippen molar-refractivity contribution in [3.8, 4) is 0 Å². The molecule has 0 heterocycles. The lowest BCUT2D eigenvalue weighted by atomic mass is 9.96. The van der Waals surface area contributed by atoms with E-state index in [-0.39, 0.29) is 22.5 Å². The first-order valence-electron chi connectivity index (χ1n) is 8.54. The number of hydrogen-bond acceptors (Lipinski definition) is 3. The van der Waals surface area contributed by atoms with Crippen LogP contribution < -0.4 is 9.62 Å². The molecule has 1 atom stereocenters. The van der Waals surface area contributed by atoms with Crippen molar-refractivity contribution >= 4 is 33.2 Å². The Morgan fingerprint density at radius 1 is 1.07 bits per heavy atom. The number of carbonyl (C=O) groups excluding carboxylic acids is 1. The van der Waals surface area contributed by atoms with Gasteiger partial charge >= 0.3 is 0 Å². The topological polar surface area (TPSA) is 66.5 Å². The molecule has 2 aromatic carbocycles. The van der Waals surface area contributed by atoms with Crippen LogP contribution in [0, 0.1) is 20.8 Å². The summed E-state index contributed by atoms with van der Waals surface area (Å²) in [5.41, 5.74) is 5.11. The average Bonchev–Trinajstić information content (AvgIpc) is 2.56. The molecule has 1 N–H and O–H groups in total. The Balaban J connectivity index is 2.32. The molecule has 0 aliphatic carbocycles. The number of anilines is 1. The van der Waals surface area contributed by atoms with Gasteiger partial charge in [-0.25, -0.2) is 8.42 Å². The first kappa shape index (κ1) is 21.3. The minimum atomic E-state index is -3.43. The van der Waals surface area contributed by atoms with Crippen molar-refractivity contribution in [3.63, 3.8) is 0 Å². The Kier molecular flexibility index (Phi) is 6.22. The predicted molar refractivity (Wildman–Crippen MR) is 111 cm³/mol. The highest BCUT2D eigenvalue weighted by Gasteiger charge is 2.19. The van der Waals surface area contributed by atoms with Crippen molar-refractivity contribution < 1.29 is 13.2 Å². The van der Waals surface area contributed by atoms with E-state index in [2.05, 4.69) is 24.4 Å². The lowest BCUT2D eigenvalue weighted by molar-refractivity contribution is 0.0940. The fraction of sp³-hybridized carbons (Fsp3) is 0.350. The van der Waals surface area contributed by atoms with Crippen LogP contribution in [-0.4, -0.2) is 27.6 Å². The van der Waals surface area contributed by atoms with E-state index in [1.807, 2.05) is 20.8 Å². The molecule has 0 bridgehead atoms. The van der Waals surface area contributed by atoms with Crippen molar-refractivity contribution in [2.45, 2.75) is 33.7 Å². The van der Waals surface area contributed by atoms with Crippen LogP contribution >= 0.6 is 11.6 Å². The third-order valence-electron chi connectivity index (χ3n) is 4.75.